The summed E-state index contributed by atoms with van der Waals surface area (Å²) in [7, 11) is 3.42. The molecule has 0 aliphatic heterocycles. The summed E-state index contributed by atoms with van der Waals surface area (Å²) in [5, 5.41) is 17.9. The average Bonchev–Trinajstić information content (AvgIpc) is 3.28. The van der Waals surface area contributed by atoms with Crippen molar-refractivity contribution in [3.63, 3.8) is 0 Å². The summed E-state index contributed by atoms with van der Waals surface area (Å²) < 4.78 is 4.80. The van der Waals surface area contributed by atoms with Crippen molar-refractivity contribution in [1.82, 2.24) is 33.7 Å². The van der Waals surface area contributed by atoms with Gasteiger partial charge in [0.25, 0.3) is 5.78 Å². The molecule has 4 aromatic rings. The third kappa shape index (κ3) is 3.98. The van der Waals surface area contributed by atoms with Gasteiger partial charge in [-0.15, -0.1) is 10.2 Å². The van der Waals surface area contributed by atoms with E-state index in [1.165, 1.54) is 11.8 Å². The van der Waals surface area contributed by atoms with Gasteiger partial charge in [0.2, 0.25) is 17.8 Å². The molecule has 0 bridgehead atoms. The summed E-state index contributed by atoms with van der Waals surface area (Å²) in [5.74, 6) is 1.32. The minimum Gasteiger partial charge on any atom is -0.355 e. The zero-order valence-corrected chi connectivity index (χ0v) is 19.0. The van der Waals surface area contributed by atoms with Crippen molar-refractivity contribution in [1.29, 1.82) is 0 Å². The topological polar surface area (TPSA) is 136 Å². The highest BCUT2D eigenvalue weighted by atomic mass is 32.2. The molecular formula is C19H24N10O2S. The van der Waals surface area contributed by atoms with Crippen molar-refractivity contribution in [2.75, 3.05) is 34.8 Å². The minimum atomic E-state index is -0.206. The number of nitrogens with zero attached hydrogens (tertiary/aromatic N) is 7. The fourth-order valence-corrected chi connectivity index (χ4v) is 4.04. The second-order valence-electron chi connectivity index (χ2n) is 6.99. The van der Waals surface area contributed by atoms with Crippen LogP contribution in [0.3, 0.4) is 0 Å². The van der Waals surface area contributed by atoms with Gasteiger partial charge in [-0.3, -0.25) is 13.9 Å². The molecule has 13 heteroatoms. The van der Waals surface area contributed by atoms with Crippen LogP contribution in [0, 0.1) is 0 Å². The molecule has 1 amide bonds. The predicted octanol–water partition coefficient (Wildman–Crippen LogP) is 1.30. The number of nitrogens with one attached hydrogen (secondary N) is 3. The first-order chi connectivity index (χ1) is 15.4. The van der Waals surface area contributed by atoms with Crippen LogP contribution >= 0.6 is 11.8 Å². The summed E-state index contributed by atoms with van der Waals surface area (Å²) in [5.41, 5.74) is 2.04. The van der Waals surface area contributed by atoms with E-state index in [2.05, 4.69) is 36.1 Å². The largest absolute Gasteiger partial charge is 0.355 e. The zero-order valence-electron chi connectivity index (χ0n) is 18.2. The standard InChI is InChI=1S/C19H24N10O2S/c1-5-20-15-23-16(21-6-2)29-17(24-15)25-26-18(29)32-10-14(30)22-11-7-8-12-13(9-11)28(4)19(31)27(12)3/h7-9H,5-6,10H2,1-4H3,(H,22,30)(H2,20,21,23,24,25). The fraction of sp³-hybridized carbons (Fsp3) is 0.368. The Labute approximate surface area is 187 Å². The van der Waals surface area contributed by atoms with Crippen LogP contribution in [0.5, 0.6) is 0 Å². The van der Waals surface area contributed by atoms with Crippen LogP contribution in [0.2, 0.25) is 0 Å². The van der Waals surface area contributed by atoms with E-state index in [0.29, 0.717) is 41.6 Å². The number of thioether (sulfide) groups is 1. The second kappa shape index (κ2) is 8.86. The average molecular weight is 457 g/mol. The van der Waals surface area contributed by atoms with E-state index in [1.54, 1.807) is 39.8 Å². The predicted molar refractivity (Wildman–Crippen MR) is 124 cm³/mol. The first kappa shape index (κ1) is 21.6. The molecule has 3 aromatic heterocycles. The number of carbonyl (C=O) groups is 1. The van der Waals surface area contributed by atoms with Crippen molar-refractivity contribution in [3.05, 3.63) is 28.7 Å². The van der Waals surface area contributed by atoms with Crippen LogP contribution in [0.1, 0.15) is 13.8 Å². The quantitative estimate of drug-likeness (QED) is 0.335. The Morgan fingerprint density at radius 3 is 2.53 bits per heavy atom. The van der Waals surface area contributed by atoms with E-state index in [1.807, 2.05) is 19.9 Å². The Morgan fingerprint density at radius 2 is 1.78 bits per heavy atom. The van der Waals surface area contributed by atoms with Gasteiger partial charge in [0, 0.05) is 32.9 Å². The van der Waals surface area contributed by atoms with Crippen molar-refractivity contribution in [2.24, 2.45) is 14.1 Å². The highest BCUT2D eigenvalue weighted by Crippen LogP contribution is 2.22. The number of hydrogen-bond acceptors (Lipinski definition) is 9. The summed E-state index contributed by atoms with van der Waals surface area (Å²) in [6.45, 7) is 5.26. The number of anilines is 3. The van der Waals surface area contributed by atoms with Gasteiger partial charge in [0.05, 0.1) is 16.8 Å². The minimum absolute atomic E-state index is 0.117. The van der Waals surface area contributed by atoms with Gasteiger partial charge in [-0.1, -0.05) is 11.8 Å². The van der Waals surface area contributed by atoms with Crippen LogP contribution in [-0.4, -0.2) is 58.4 Å². The number of amides is 1. The first-order valence-electron chi connectivity index (χ1n) is 10.1. The lowest BCUT2D eigenvalue weighted by molar-refractivity contribution is -0.113. The molecule has 0 aliphatic carbocycles. The monoisotopic (exact) mass is 456 g/mol. The number of fused-ring (bicyclic) bond motifs is 2. The van der Waals surface area contributed by atoms with Gasteiger partial charge < -0.3 is 16.0 Å². The highest BCUT2D eigenvalue weighted by molar-refractivity contribution is 7.99. The molecule has 0 fully saturated rings. The van der Waals surface area contributed by atoms with E-state index in [4.69, 9.17) is 0 Å². The normalized spacial score (nSPS) is 11.2. The van der Waals surface area contributed by atoms with Gasteiger partial charge in [-0.2, -0.15) is 9.97 Å². The second-order valence-corrected chi connectivity index (χ2v) is 7.93. The summed E-state index contributed by atoms with van der Waals surface area (Å²) in [4.78, 5) is 33.5. The van der Waals surface area contributed by atoms with Crippen molar-refractivity contribution in [2.45, 2.75) is 19.0 Å². The molecule has 0 radical (unpaired) electrons. The molecule has 0 saturated carbocycles. The van der Waals surface area contributed by atoms with E-state index in [-0.39, 0.29) is 17.3 Å². The molecule has 168 valence electrons. The lowest BCUT2D eigenvalue weighted by Gasteiger charge is -2.09. The Bertz CT molecular complexity index is 1360. The number of aryl methyl sites for hydroxylation is 2. The molecule has 0 aliphatic rings. The van der Waals surface area contributed by atoms with Crippen LogP contribution < -0.4 is 21.6 Å². The first-order valence-corrected chi connectivity index (χ1v) is 11.1. The third-order valence-electron chi connectivity index (χ3n) is 4.80. The SMILES string of the molecule is CCNc1nc(NCC)n2c(SCC(=O)Nc3ccc4c(c3)n(C)c(=O)n4C)nnc2n1. The molecule has 0 spiro atoms. The van der Waals surface area contributed by atoms with E-state index in [9.17, 15) is 9.59 Å². The van der Waals surface area contributed by atoms with Gasteiger partial charge >= 0.3 is 5.69 Å². The Balaban J connectivity index is 1.51. The van der Waals surface area contributed by atoms with Gasteiger partial charge in [-0.05, 0) is 32.0 Å². The van der Waals surface area contributed by atoms with Crippen LogP contribution in [0.25, 0.3) is 16.8 Å². The summed E-state index contributed by atoms with van der Waals surface area (Å²) in [6.07, 6.45) is 0. The number of imidazole rings is 1. The molecule has 3 heterocycles. The van der Waals surface area contributed by atoms with Gasteiger partial charge in [-0.25, -0.2) is 9.20 Å². The molecule has 32 heavy (non-hydrogen) atoms. The fourth-order valence-electron chi connectivity index (χ4n) is 3.31. The Morgan fingerprint density at radius 1 is 1.03 bits per heavy atom. The van der Waals surface area contributed by atoms with Crippen molar-refractivity contribution >= 4 is 52.1 Å². The number of aromatic nitrogens is 7. The smallest absolute Gasteiger partial charge is 0.328 e. The van der Waals surface area contributed by atoms with Gasteiger partial charge in [0.1, 0.15) is 0 Å². The molecule has 3 N–H and O–H groups in total. The maximum Gasteiger partial charge on any atom is 0.328 e. The molecule has 12 nitrogen and oxygen atoms in total. The molecular weight excluding hydrogens is 432 g/mol. The van der Waals surface area contributed by atoms with E-state index < -0.39 is 0 Å². The molecule has 1 aromatic carbocycles. The van der Waals surface area contributed by atoms with Crippen LogP contribution in [0.15, 0.2) is 28.2 Å². The molecule has 0 unspecified atom stereocenters. The van der Waals surface area contributed by atoms with E-state index in [0.717, 1.165) is 11.0 Å². The van der Waals surface area contributed by atoms with Crippen molar-refractivity contribution in [3.8, 4) is 0 Å². The molecule has 0 atom stereocenters. The lowest BCUT2D eigenvalue weighted by atomic mass is 10.2. The lowest BCUT2D eigenvalue weighted by Crippen LogP contribution is -2.19. The van der Waals surface area contributed by atoms with Crippen molar-refractivity contribution < 1.29 is 4.79 Å². The summed E-state index contributed by atoms with van der Waals surface area (Å²) in [6, 6.07) is 5.37. The van der Waals surface area contributed by atoms with Gasteiger partial charge in [0.15, 0.2) is 5.16 Å². The maximum absolute atomic E-state index is 12.6. The number of hydrogen-bond donors (Lipinski definition) is 3. The highest BCUT2D eigenvalue weighted by Gasteiger charge is 2.16. The Hall–Kier alpha value is -3.61. The number of benzene rings is 1. The third-order valence-corrected chi connectivity index (χ3v) is 5.73. The maximum atomic E-state index is 12.6. The number of carbonyl (C=O) groups excluding carboxylic acids is 1. The number of rotatable bonds is 8. The molecule has 0 saturated heterocycles. The van der Waals surface area contributed by atoms with Crippen LogP contribution in [-0.2, 0) is 18.9 Å². The summed E-state index contributed by atoms with van der Waals surface area (Å²) >= 11 is 1.23. The molecule has 4 rings (SSSR count). The van der Waals surface area contributed by atoms with E-state index >= 15 is 0 Å². The Kier molecular flexibility index (Phi) is 5.99. The zero-order chi connectivity index (χ0) is 22.8. The van der Waals surface area contributed by atoms with Crippen LogP contribution in [0.4, 0.5) is 17.6 Å².